The van der Waals surface area contributed by atoms with Crippen LogP contribution in [0.5, 0.6) is 0 Å². The Kier molecular flexibility index (Phi) is 4.24. The van der Waals surface area contributed by atoms with Gasteiger partial charge in [0.05, 0.1) is 25.8 Å². The summed E-state index contributed by atoms with van der Waals surface area (Å²) in [7, 11) is 4.13. The van der Waals surface area contributed by atoms with Crippen molar-refractivity contribution in [1.29, 1.82) is 0 Å². The lowest BCUT2D eigenvalue weighted by Crippen LogP contribution is -2.70. The number of hydrogen-bond acceptors (Lipinski definition) is 4. The third-order valence-electron chi connectivity index (χ3n) is 4.47. The molecule has 21 heavy (non-hydrogen) atoms. The summed E-state index contributed by atoms with van der Waals surface area (Å²) in [4.78, 5) is 16.5. The van der Waals surface area contributed by atoms with E-state index in [0.29, 0.717) is 32.3 Å². The van der Waals surface area contributed by atoms with Gasteiger partial charge in [0.2, 0.25) is 5.91 Å². The molecule has 5 nitrogen and oxygen atoms in total. The number of carbonyl (C=O) groups is 1. The molecule has 0 bridgehead atoms. The number of nitrogens with zero attached hydrogens (tertiary/aromatic N) is 2. The van der Waals surface area contributed by atoms with E-state index in [1.54, 1.807) is 0 Å². The molecule has 0 radical (unpaired) electrons. The molecule has 1 N–H and O–H groups in total. The lowest BCUT2D eigenvalue weighted by Gasteiger charge is -2.49. The second kappa shape index (κ2) is 6.13. The van der Waals surface area contributed by atoms with Crippen LogP contribution in [0.3, 0.4) is 0 Å². The van der Waals surface area contributed by atoms with E-state index in [2.05, 4.69) is 36.4 Å². The summed E-state index contributed by atoms with van der Waals surface area (Å²) >= 11 is 0. The first-order valence-electron chi connectivity index (χ1n) is 7.48. The highest BCUT2D eigenvalue weighted by molar-refractivity contribution is 5.79. The predicted octanol–water partition coefficient (Wildman–Crippen LogP) is 0.316. The third-order valence-corrected chi connectivity index (χ3v) is 4.47. The fourth-order valence-corrected chi connectivity index (χ4v) is 3.28. The molecule has 114 valence electrons. The number of piperazine rings is 1. The van der Waals surface area contributed by atoms with Crippen LogP contribution in [-0.2, 0) is 16.1 Å². The summed E-state index contributed by atoms with van der Waals surface area (Å²) in [5.41, 5.74) is 1.17. The van der Waals surface area contributed by atoms with Crippen LogP contribution >= 0.6 is 0 Å². The van der Waals surface area contributed by atoms with E-state index in [1.165, 1.54) is 5.56 Å². The van der Waals surface area contributed by atoms with Crippen molar-refractivity contribution < 1.29 is 9.53 Å². The number of benzene rings is 1. The van der Waals surface area contributed by atoms with Gasteiger partial charge in [-0.1, -0.05) is 30.3 Å². The monoisotopic (exact) mass is 289 g/mol. The lowest BCUT2D eigenvalue weighted by atomic mass is 9.93. The summed E-state index contributed by atoms with van der Waals surface area (Å²) in [5, 5.41) is 3.41. The molecular formula is C16H23N3O2. The van der Waals surface area contributed by atoms with E-state index in [1.807, 2.05) is 23.1 Å². The Balaban J connectivity index is 1.80. The number of likely N-dealkylation sites (N-methyl/N-ethyl adjacent to an activating group) is 1. The molecule has 1 unspecified atom stereocenters. The van der Waals surface area contributed by atoms with Crippen LogP contribution in [0.2, 0.25) is 0 Å². The third kappa shape index (κ3) is 2.95. The Hall–Kier alpha value is -1.43. The first kappa shape index (κ1) is 14.5. The van der Waals surface area contributed by atoms with Crippen molar-refractivity contribution in [3.63, 3.8) is 0 Å². The van der Waals surface area contributed by atoms with Crippen molar-refractivity contribution in [3.8, 4) is 0 Å². The summed E-state index contributed by atoms with van der Waals surface area (Å²) in [6.07, 6.45) is 0. The minimum atomic E-state index is 0.104. The van der Waals surface area contributed by atoms with E-state index >= 15 is 0 Å². The fourth-order valence-electron chi connectivity index (χ4n) is 3.28. The molecule has 0 spiro atoms. The smallest absolute Gasteiger partial charge is 0.237 e. The van der Waals surface area contributed by atoms with Gasteiger partial charge in [0, 0.05) is 18.6 Å². The molecule has 0 saturated carbocycles. The normalized spacial score (nSPS) is 29.6. The zero-order valence-electron chi connectivity index (χ0n) is 12.7. The number of nitrogens with one attached hydrogen (secondary N) is 1. The van der Waals surface area contributed by atoms with Gasteiger partial charge in [0.15, 0.2) is 0 Å². The molecular weight excluding hydrogens is 266 g/mol. The lowest BCUT2D eigenvalue weighted by molar-refractivity contribution is -0.145. The maximum absolute atomic E-state index is 12.3. The number of hydrogen-bond donors (Lipinski definition) is 1. The van der Waals surface area contributed by atoms with Crippen molar-refractivity contribution in [2.75, 3.05) is 33.9 Å². The number of ether oxygens (including phenoxy) is 1. The van der Waals surface area contributed by atoms with E-state index in [9.17, 15) is 4.79 Å². The molecule has 2 heterocycles. The summed E-state index contributed by atoms with van der Waals surface area (Å²) in [6.45, 7) is 2.40. The Labute approximate surface area is 125 Å². The summed E-state index contributed by atoms with van der Waals surface area (Å²) < 4.78 is 5.75. The standard InChI is InChI=1S/C16H23N3O2/c1-18(2)13-10-21-11-14-16(13)17-8-15(20)19(14)9-12-6-4-3-5-7-12/h3-7,13-14,16-17H,8-11H2,1-2H3/t13?,14-,16-/m1/s1. The largest absolute Gasteiger partial charge is 0.378 e. The summed E-state index contributed by atoms with van der Waals surface area (Å²) in [6, 6.07) is 10.8. The molecule has 2 aliphatic rings. The molecule has 1 aromatic rings. The summed E-state index contributed by atoms with van der Waals surface area (Å²) in [5.74, 6) is 0.156. The van der Waals surface area contributed by atoms with Gasteiger partial charge in [-0.3, -0.25) is 4.79 Å². The molecule has 2 aliphatic heterocycles. The van der Waals surface area contributed by atoms with Gasteiger partial charge in [-0.15, -0.1) is 0 Å². The SMILES string of the molecule is CN(C)C1COC[C@@H]2[C@@H]1NCC(=O)N2Cc1ccccc1. The quantitative estimate of drug-likeness (QED) is 0.870. The van der Waals surface area contributed by atoms with Crippen LogP contribution in [0, 0.1) is 0 Å². The average molecular weight is 289 g/mol. The highest BCUT2D eigenvalue weighted by atomic mass is 16.5. The number of fused-ring (bicyclic) bond motifs is 1. The molecule has 3 atom stereocenters. The van der Waals surface area contributed by atoms with E-state index in [4.69, 9.17) is 4.74 Å². The van der Waals surface area contributed by atoms with Gasteiger partial charge in [-0.05, 0) is 19.7 Å². The predicted molar refractivity (Wildman–Crippen MR) is 80.9 cm³/mol. The second-order valence-electron chi connectivity index (χ2n) is 6.05. The van der Waals surface area contributed by atoms with E-state index < -0.39 is 0 Å². The van der Waals surface area contributed by atoms with Crippen molar-refractivity contribution in [2.24, 2.45) is 0 Å². The van der Waals surface area contributed by atoms with Crippen LogP contribution in [0.1, 0.15) is 5.56 Å². The molecule has 0 aliphatic carbocycles. The topological polar surface area (TPSA) is 44.8 Å². The van der Waals surface area contributed by atoms with Crippen LogP contribution in [0.25, 0.3) is 0 Å². The first-order chi connectivity index (χ1) is 10.2. The van der Waals surface area contributed by atoms with Crippen LogP contribution in [0.15, 0.2) is 30.3 Å². The number of carbonyl (C=O) groups excluding carboxylic acids is 1. The number of amides is 1. The molecule has 2 saturated heterocycles. The average Bonchev–Trinajstić information content (AvgIpc) is 2.50. The zero-order valence-corrected chi connectivity index (χ0v) is 12.7. The van der Waals surface area contributed by atoms with Crippen molar-refractivity contribution in [3.05, 3.63) is 35.9 Å². The molecule has 1 amide bonds. The molecule has 5 heteroatoms. The zero-order chi connectivity index (χ0) is 14.8. The van der Waals surface area contributed by atoms with Crippen molar-refractivity contribution >= 4 is 5.91 Å². The van der Waals surface area contributed by atoms with Gasteiger partial charge < -0.3 is 19.9 Å². The Morgan fingerprint density at radius 3 is 2.76 bits per heavy atom. The maximum Gasteiger partial charge on any atom is 0.237 e. The minimum absolute atomic E-state index is 0.104. The molecule has 3 rings (SSSR count). The van der Waals surface area contributed by atoms with Crippen LogP contribution in [-0.4, -0.2) is 67.7 Å². The van der Waals surface area contributed by atoms with Crippen LogP contribution < -0.4 is 5.32 Å². The highest BCUT2D eigenvalue weighted by Gasteiger charge is 2.43. The van der Waals surface area contributed by atoms with Gasteiger partial charge >= 0.3 is 0 Å². The van der Waals surface area contributed by atoms with Gasteiger partial charge in [-0.2, -0.15) is 0 Å². The van der Waals surface area contributed by atoms with Gasteiger partial charge in [0.25, 0.3) is 0 Å². The van der Waals surface area contributed by atoms with Crippen molar-refractivity contribution in [2.45, 2.75) is 24.7 Å². The fraction of sp³-hybridized carbons (Fsp3) is 0.562. The van der Waals surface area contributed by atoms with Gasteiger partial charge in [0.1, 0.15) is 0 Å². The Bertz CT molecular complexity index is 492. The minimum Gasteiger partial charge on any atom is -0.378 e. The van der Waals surface area contributed by atoms with E-state index in [-0.39, 0.29) is 18.0 Å². The van der Waals surface area contributed by atoms with Crippen LogP contribution in [0.4, 0.5) is 0 Å². The van der Waals surface area contributed by atoms with E-state index in [0.717, 1.165) is 0 Å². The van der Waals surface area contributed by atoms with Gasteiger partial charge in [-0.25, -0.2) is 0 Å². The Morgan fingerprint density at radius 1 is 1.29 bits per heavy atom. The molecule has 2 fully saturated rings. The molecule has 0 aromatic heterocycles. The second-order valence-corrected chi connectivity index (χ2v) is 6.05. The van der Waals surface area contributed by atoms with Crippen molar-refractivity contribution in [1.82, 2.24) is 15.1 Å². The number of rotatable bonds is 3. The maximum atomic E-state index is 12.3. The molecule has 1 aromatic carbocycles. The Morgan fingerprint density at radius 2 is 2.05 bits per heavy atom. The highest BCUT2D eigenvalue weighted by Crippen LogP contribution is 2.23. The first-order valence-corrected chi connectivity index (χ1v) is 7.48.